The van der Waals surface area contributed by atoms with E-state index in [-0.39, 0.29) is 31.8 Å². The van der Waals surface area contributed by atoms with Gasteiger partial charge in [-0.1, -0.05) is 18.2 Å². The van der Waals surface area contributed by atoms with Crippen LogP contribution in [0.3, 0.4) is 0 Å². The Hall–Kier alpha value is -2.46. The Bertz CT molecular complexity index is 781. The molecule has 0 saturated carbocycles. The van der Waals surface area contributed by atoms with Gasteiger partial charge in [-0.2, -0.15) is 13.2 Å². The molecule has 10 heteroatoms. The van der Waals surface area contributed by atoms with Gasteiger partial charge in [-0.15, -0.1) is 0 Å². The van der Waals surface area contributed by atoms with Gasteiger partial charge in [0.1, 0.15) is 12.1 Å². The predicted octanol–water partition coefficient (Wildman–Crippen LogP) is 0.427. The van der Waals surface area contributed by atoms with E-state index in [1.807, 2.05) is 0 Å². The number of benzene rings is 1. The monoisotopic (exact) mass is 384 g/mol. The standard InChI is InChI=1S/C17H19F3N4O3/c18-17(19,20)12(6-21)22-7-9-2-1-3-10-8-24(16(27)14(9)10)11-4-5-13(25)23-15(11)26/h1-3,11-12,22H,4-8,21H2,(H,23,25,26). The summed E-state index contributed by atoms with van der Waals surface area (Å²) in [4.78, 5) is 37.6. The van der Waals surface area contributed by atoms with Crippen molar-refractivity contribution in [3.8, 4) is 0 Å². The van der Waals surface area contributed by atoms with Crippen LogP contribution >= 0.6 is 0 Å². The number of imide groups is 1. The first-order valence-electron chi connectivity index (χ1n) is 8.48. The molecule has 2 aliphatic heterocycles. The predicted molar refractivity (Wildman–Crippen MR) is 88.2 cm³/mol. The molecule has 2 unspecified atom stereocenters. The van der Waals surface area contributed by atoms with Crippen LogP contribution < -0.4 is 16.4 Å². The minimum Gasteiger partial charge on any atom is -0.329 e. The number of hydrogen-bond acceptors (Lipinski definition) is 5. The van der Waals surface area contributed by atoms with Crippen LogP contribution in [-0.4, -0.2) is 47.4 Å². The van der Waals surface area contributed by atoms with Crippen LogP contribution in [0.5, 0.6) is 0 Å². The van der Waals surface area contributed by atoms with Gasteiger partial charge in [-0.3, -0.25) is 19.7 Å². The highest BCUT2D eigenvalue weighted by Crippen LogP contribution is 2.30. The highest BCUT2D eigenvalue weighted by molar-refractivity contribution is 6.05. The number of carbonyl (C=O) groups excluding carboxylic acids is 3. The summed E-state index contributed by atoms with van der Waals surface area (Å²) < 4.78 is 38.6. The second kappa shape index (κ2) is 7.28. The first-order valence-corrected chi connectivity index (χ1v) is 8.48. The van der Waals surface area contributed by atoms with Gasteiger partial charge in [0.25, 0.3) is 5.91 Å². The minimum absolute atomic E-state index is 0.134. The highest BCUT2D eigenvalue weighted by atomic mass is 19.4. The smallest absolute Gasteiger partial charge is 0.329 e. The van der Waals surface area contributed by atoms with E-state index in [0.29, 0.717) is 16.7 Å². The van der Waals surface area contributed by atoms with Gasteiger partial charge in [0.15, 0.2) is 0 Å². The van der Waals surface area contributed by atoms with Crippen LogP contribution in [0.4, 0.5) is 13.2 Å². The topological polar surface area (TPSA) is 105 Å². The minimum atomic E-state index is -4.49. The summed E-state index contributed by atoms with van der Waals surface area (Å²) in [5.41, 5.74) is 6.53. The van der Waals surface area contributed by atoms with Crippen molar-refractivity contribution in [1.29, 1.82) is 0 Å². The van der Waals surface area contributed by atoms with Crippen molar-refractivity contribution in [3.05, 3.63) is 34.9 Å². The highest BCUT2D eigenvalue weighted by Gasteiger charge is 2.41. The maximum Gasteiger partial charge on any atom is 0.405 e. The Morgan fingerprint density at radius 3 is 2.67 bits per heavy atom. The van der Waals surface area contributed by atoms with E-state index in [2.05, 4.69) is 10.6 Å². The molecule has 1 saturated heterocycles. The first-order chi connectivity index (χ1) is 12.7. The lowest BCUT2D eigenvalue weighted by Gasteiger charge is -2.29. The molecule has 0 radical (unpaired) electrons. The number of hydrogen-bond donors (Lipinski definition) is 3. The van der Waals surface area contributed by atoms with E-state index in [9.17, 15) is 27.6 Å². The van der Waals surface area contributed by atoms with Crippen LogP contribution in [-0.2, 0) is 22.7 Å². The number of amides is 3. The van der Waals surface area contributed by atoms with E-state index in [1.165, 1.54) is 4.90 Å². The number of nitrogens with zero attached hydrogens (tertiary/aromatic N) is 1. The Labute approximate surface area is 153 Å². The number of rotatable bonds is 5. The molecule has 1 aromatic carbocycles. The number of nitrogens with one attached hydrogen (secondary N) is 2. The van der Waals surface area contributed by atoms with Gasteiger partial charge in [0.05, 0.1) is 0 Å². The van der Waals surface area contributed by atoms with Crippen LogP contribution in [0, 0.1) is 0 Å². The molecule has 0 aromatic heterocycles. The molecule has 1 fully saturated rings. The molecule has 3 rings (SSSR count). The second-order valence-corrected chi connectivity index (χ2v) is 6.56. The van der Waals surface area contributed by atoms with E-state index in [4.69, 9.17) is 5.73 Å². The second-order valence-electron chi connectivity index (χ2n) is 6.56. The van der Waals surface area contributed by atoms with Gasteiger partial charge < -0.3 is 16.0 Å². The number of nitrogens with two attached hydrogens (primary N) is 1. The van der Waals surface area contributed by atoms with E-state index >= 15 is 0 Å². The van der Waals surface area contributed by atoms with Gasteiger partial charge in [-0.05, 0) is 17.5 Å². The lowest BCUT2D eigenvalue weighted by molar-refractivity contribution is -0.153. The lowest BCUT2D eigenvalue weighted by Crippen LogP contribution is -2.52. The average Bonchev–Trinajstić information content (AvgIpc) is 2.92. The molecule has 0 bridgehead atoms. The maximum absolute atomic E-state index is 12.9. The third-order valence-corrected chi connectivity index (χ3v) is 4.81. The molecule has 146 valence electrons. The zero-order valence-electron chi connectivity index (χ0n) is 14.3. The van der Waals surface area contributed by atoms with Crippen molar-refractivity contribution in [2.75, 3.05) is 6.54 Å². The van der Waals surface area contributed by atoms with Crippen molar-refractivity contribution in [1.82, 2.24) is 15.5 Å². The maximum atomic E-state index is 12.9. The van der Waals surface area contributed by atoms with Crippen LogP contribution in [0.25, 0.3) is 0 Å². The largest absolute Gasteiger partial charge is 0.405 e. The summed E-state index contributed by atoms with van der Waals surface area (Å²) in [7, 11) is 0. The number of alkyl halides is 3. The number of fused-ring (bicyclic) bond motifs is 1. The van der Waals surface area contributed by atoms with Crippen molar-refractivity contribution in [2.45, 2.75) is 44.2 Å². The summed E-state index contributed by atoms with van der Waals surface area (Å²) in [6.45, 7) is -0.623. The molecular weight excluding hydrogens is 365 g/mol. The van der Waals surface area contributed by atoms with Gasteiger partial charge in [-0.25, -0.2) is 0 Å². The summed E-state index contributed by atoms with van der Waals surface area (Å²) in [5, 5.41) is 4.55. The van der Waals surface area contributed by atoms with Crippen molar-refractivity contribution >= 4 is 17.7 Å². The Morgan fingerprint density at radius 2 is 2.04 bits per heavy atom. The molecule has 0 aliphatic carbocycles. The van der Waals surface area contributed by atoms with Gasteiger partial charge in [0, 0.05) is 31.6 Å². The fourth-order valence-electron chi connectivity index (χ4n) is 3.40. The van der Waals surface area contributed by atoms with Crippen molar-refractivity contribution in [2.24, 2.45) is 5.73 Å². The molecule has 2 aliphatic rings. The van der Waals surface area contributed by atoms with Crippen LogP contribution in [0.15, 0.2) is 18.2 Å². The number of halogens is 3. The number of piperidine rings is 1. The van der Waals surface area contributed by atoms with Crippen LogP contribution in [0.1, 0.15) is 34.3 Å². The molecule has 4 N–H and O–H groups in total. The molecule has 2 heterocycles. The fraction of sp³-hybridized carbons (Fsp3) is 0.471. The average molecular weight is 384 g/mol. The van der Waals surface area contributed by atoms with E-state index in [0.717, 1.165) is 0 Å². The molecule has 27 heavy (non-hydrogen) atoms. The molecule has 1 aromatic rings. The van der Waals surface area contributed by atoms with Gasteiger partial charge in [0.2, 0.25) is 11.8 Å². The fourth-order valence-corrected chi connectivity index (χ4v) is 3.40. The first kappa shape index (κ1) is 19.3. The molecule has 3 amide bonds. The van der Waals surface area contributed by atoms with E-state index < -0.39 is 36.6 Å². The summed E-state index contributed by atoms with van der Waals surface area (Å²) in [6.07, 6.45) is -4.13. The molecule has 7 nitrogen and oxygen atoms in total. The number of carbonyl (C=O) groups is 3. The summed E-state index contributed by atoms with van der Waals surface area (Å²) >= 11 is 0. The Morgan fingerprint density at radius 1 is 1.30 bits per heavy atom. The Balaban J connectivity index is 1.78. The normalized spacial score (nSPS) is 21.3. The van der Waals surface area contributed by atoms with Crippen LogP contribution in [0.2, 0.25) is 0 Å². The van der Waals surface area contributed by atoms with Gasteiger partial charge >= 0.3 is 6.18 Å². The third kappa shape index (κ3) is 3.81. The zero-order valence-corrected chi connectivity index (χ0v) is 14.3. The zero-order chi connectivity index (χ0) is 19.8. The molecule has 2 atom stereocenters. The lowest BCUT2D eigenvalue weighted by atomic mass is 10.0. The molecular formula is C17H19F3N4O3. The quantitative estimate of drug-likeness (QED) is 0.639. The summed E-state index contributed by atoms with van der Waals surface area (Å²) in [6, 6.07) is 2.28. The SMILES string of the molecule is NCC(NCc1cccc2c1C(=O)N(C1CCC(=O)NC1=O)C2)C(F)(F)F. The van der Waals surface area contributed by atoms with Crippen molar-refractivity contribution < 1.29 is 27.6 Å². The third-order valence-electron chi connectivity index (χ3n) is 4.81. The Kier molecular flexibility index (Phi) is 5.20. The summed E-state index contributed by atoms with van der Waals surface area (Å²) in [5.74, 6) is -1.34. The van der Waals surface area contributed by atoms with E-state index in [1.54, 1.807) is 18.2 Å². The molecule has 0 spiro atoms. The van der Waals surface area contributed by atoms with Crippen molar-refractivity contribution in [3.63, 3.8) is 0 Å².